The molecule has 62 heavy (non-hydrogen) atoms. The van der Waals surface area contributed by atoms with Crippen molar-refractivity contribution in [3.05, 3.63) is 83.6 Å². The summed E-state index contributed by atoms with van der Waals surface area (Å²) < 4.78 is 208. The standard InChI is InChI=1S/C36H38N2O18S6/c1-35(2)31(37-27-11-9-23-25(33(27)35)17-21(59(45,46)47)19-29(23)61(51,52)53)7-4-8-32-36(3,13-5-15-57(39,40)41)34-26-18-22(60(48,49)50)20-30(62(54,55)56)24(26)10-12-28(34)38(32)14-6-16-58(42,43)44/h4,7-12,17-20H,5-6,13-16H2,1-3H3,(H6,39,40,41,42,43,44,45,46,47,48,49,50,51,52,53,54,55,56)/p+1. The first kappa shape index (κ1) is 47.3. The van der Waals surface area contributed by atoms with Crippen LogP contribution >= 0.6 is 0 Å². The number of rotatable bonds is 14. The number of benzene rings is 4. The van der Waals surface area contributed by atoms with Gasteiger partial charge in [0, 0.05) is 51.7 Å². The van der Waals surface area contributed by atoms with Crippen molar-refractivity contribution < 1.29 is 82.4 Å². The zero-order valence-electron chi connectivity index (χ0n) is 32.6. The molecule has 0 aliphatic carbocycles. The van der Waals surface area contributed by atoms with E-state index in [0.717, 1.165) is 12.1 Å². The first-order valence-electron chi connectivity index (χ1n) is 18.0. The Labute approximate surface area is 357 Å². The highest BCUT2D eigenvalue weighted by Crippen LogP contribution is 2.50. The third-order valence-electron chi connectivity index (χ3n) is 10.9. The van der Waals surface area contributed by atoms with Crippen LogP contribution < -0.4 is 5.32 Å². The lowest BCUT2D eigenvalue weighted by molar-refractivity contribution is -0.437. The van der Waals surface area contributed by atoms with Crippen LogP contribution in [0.3, 0.4) is 0 Å². The molecule has 2 aliphatic rings. The van der Waals surface area contributed by atoms with Gasteiger partial charge in [-0.2, -0.15) is 55.1 Å². The van der Waals surface area contributed by atoms with Crippen LogP contribution in [0.15, 0.2) is 92.0 Å². The third kappa shape index (κ3) is 9.23. The van der Waals surface area contributed by atoms with Crippen molar-refractivity contribution in [1.29, 1.82) is 0 Å². The number of nitrogens with zero attached hydrogens (tertiary/aromatic N) is 1. The van der Waals surface area contributed by atoms with Crippen molar-refractivity contribution in [2.24, 2.45) is 0 Å². The molecule has 4 aromatic carbocycles. The molecule has 336 valence electrons. The Morgan fingerprint density at radius 1 is 0.597 bits per heavy atom. The highest BCUT2D eigenvalue weighted by Gasteiger charge is 2.49. The summed E-state index contributed by atoms with van der Waals surface area (Å²) in [4.78, 5) is -3.41. The van der Waals surface area contributed by atoms with Gasteiger partial charge in [0.05, 0.1) is 26.7 Å². The topological polar surface area (TPSA) is 341 Å². The molecule has 0 amide bonds. The van der Waals surface area contributed by atoms with E-state index in [9.17, 15) is 77.8 Å². The number of hydrogen-bond acceptors (Lipinski definition) is 13. The molecule has 0 bridgehead atoms. The maximum absolute atomic E-state index is 12.6. The summed E-state index contributed by atoms with van der Waals surface area (Å²) in [6, 6.07) is 8.64. The smallest absolute Gasteiger partial charge is 0.295 e. The summed E-state index contributed by atoms with van der Waals surface area (Å²) in [7, 11) is -29.4. The minimum atomic E-state index is -5.17. The maximum atomic E-state index is 12.6. The number of hydrogen-bond donors (Lipinski definition) is 7. The van der Waals surface area contributed by atoms with E-state index in [4.69, 9.17) is 0 Å². The summed E-state index contributed by atoms with van der Waals surface area (Å²) >= 11 is 0. The van der Waals surface area contributed by atoms with Crippen LogP contribution in [0, 0.1) is 0 Å². The van der Waals surface area contributed by atoms with Crippen molar-refractivity contribution in [3.63, 3.8) is 0 Å². The van der Waals surface area contributed by atoms with Crippen LogP contribution in [0.2, 0.25) is 0 Å². The SMILES string of the molecule is CC1(CCCS(=O)(=O)O)C(/C=C/C=C2/Nc3ccc4c(S(=O)(=O)O)cc(S(=O)(=O)O)cc4c3C2(C)C)=[N+](CCCS(=O)(=O)O)c2ccc3c(S(=O)(=O)O)cc(S(=O)(=O)O)cc3c21. The maximum Gasteiger partial charge on any atom is 0.295 e. The predicted octanol–water partition coefficient (Wildman–Crippen LogP) is 4.13. The highest BCUT2D eigenvalue weighted by molar-refractivity contribution is 7.87. The molecule has 2 aliphatic heterocycles. The third-order valence-corrected chi connectivity index (χ3v) is 16.0. The van der Waals surface area contributed by atoms with Crippen LogP contribution in [0.5, 0.6) is 0 Å². The Morgan fingerprint density at radius 2 is 1.08 bits per heavy atom. The van der Waals surface area contributed by atoms with Gasteiger partial charge in [0.2, 0.25) is 5.69 Å². The normalized spacial score (nSPS) is 19.1. The second-order valence-electron chi connectivity index (χ2n) is 15.5. The van der Waals surface area contributed by atoms with Crippen LogP contribution in [-0.4, -0.2) is 106 Å². The molecule has 0 radical (unpaired) electrons. The van der Waals surface area contributed by atoms with Crippen molar-refractivity contribution >= 4 is 99.3 Å². The van der Waals surface area contributed by atoms with Crippen LogP contribution in [-0.2, 0) is 71.5 Å². The number of fused-ring (bicyclic) bond motifs is 6. The molecular formula is C36H39N2O18S6+. The Balaban J connectivity index is 1.59. The van der Waals surface area contributed by atoms with E-state index in [1.54, 1.807) is 31.4 Å². The molecule has 0 aromatic heterocycles. The second kappa shape index (κ2) is 15.5. The Hall–Kier alpha value is -4.19. The molecule has 0 saturated heterocycles. The summed E-state index contributed by atoms with van der Waals surface area (Å²) in [5.41, 5.74) is -0.727. The summed E-state index contributed by atoms with van der Waals surface area (Å²) in [5.74, 6) is -1.49. The van der Waals surface area contributed by atoms with E-state index in [2.05, 4.69) is 5.32 Å². The Morgan fingerprint density at radius 3 is 1.56 bits per heavy atom. The average Bonchev–Trinajstić information content (AvgIpc) is 3.50. The first-order chi connectivity index (χ1) is 28.1. The zero-order chi connectivity index (χ0) is 46.4. The molecule has 4 aromatic rings. The van der Waals surface area contributed by atoms with E-state index >= 15 is 0 Å². The molecule has 1 unspecified atom stereocenters. The van der Waals surface area contributed by atoms with Crippen molar-refractivity contribution in [3.8, 4) is 0 Å². The van der Waals surface area contributed by atoms with E-state index in [-0.39, 0.29) is 64.3 Å². The van der Waals surface area contributed by atoms with E-state index < -0.39 is 103 Å². The zero-order valence-corrected chi connectivity index (χ0v) is 37.5. The van der Waals surface area contributed by atoms with Gasteiger partial charge in [-0.15, -0.1) is 0 Å². The van der Waals surface area contributed by atoms with E-state index in [0.29, 0.717) is 29.1 Å². The van der Waals surface area contributed by atoms with Gasteiger partial charge >= 0.3 is 0 Å². The fourth-order valence-electron chi connectivity index (χ4n) is 8.30. The molecule has 6 rings (SSSR count). The molecule has 0 spiro atoms. The second-order valence-corrected chi connectivity index (χ2v) is 24.2. The molecule has 0 fully saturated rings. The van der Waals surface area contributed by atoms with Crippen molar-refractivity contribution in [1.82, 2.24) is 0 Å². The van der Waals surface area contributed by atoms with E-state index in [1.807, 2.05) is 0 Å². The molecule has 1 atom stereocenters. The van der Waals surface area contributed by atoms with Crippen LogP contribution in [0.25, 0.3) is 21.5 Å². The quantitative estimate of drug-likeness (QED) is 0.0690. The molecule has 7 N–H and O–H groups in total. The minimum absolute atomic E-state index is 0.0487. The molecular weight excluding hydrogens is 941 g/mol. The lowest BCUT2D eigenvalue weighted by atomic mass is 9.74. The van der Waals surface area contributed by atoms with Crippen molar-refractivity contribution in [2.45, 2.75) is 70.4 Å². The van der Waals surface area contributed by atoms with Gasteiger partial charge in [0.25, 0.3) is 60.7 Å². The van der Waals surface area contributed by atoms with Crippen molar-refractivity contribution in [2.75, 3.05) is 23.4 Å². The Bertz CT molecular complexity index is 3410. The lowest BCUT2D eigenvalue weighted by Crippen LogP contribution is -2.32. The molecule has 2 heterocycles. The fourth-order valence-corrected chi connectivity index (χ4v) is 12.0. The van der Waals surface area contributed by atoms with Gasteiger partial charge in [-0.25, -0.2) is 0 Å². The molecule has 20 nitrogen and oxygen atoms in total. The van der Waals surface area contributed by atoms with E-state index in [1.165, 1.54) is 36.4 Å². The number of nitrogens with one attached hydrogen (secondary N) is 1. The monoisotopic (exact) mass is 979 g/mol. The fraction of sp³-hybridized carbons (Fsp3) is 0.306. The predicted molar refractivity (Wildman–Crippen MR) is 225 cm³/mol. The molecule has 0 saturated carbocycles. The van der Waals surface area contributed by atoms with Crippen LogP contribution in [0.4, 0.5) is 11.4 Å². The Kier molecular flexibility index (Phi) is 11.8. The largest absolute Gasteiger partial charge is 0.358 e. The number of allylic oxidation sites excluding steroid dienone is 4. The summed E-state index contributed by atoms with van der Waals surface area (Å²) in [6.07, 6.45) is 3.98. The minimum Gasteiger partial charge on any atom is -0.358 e. The van der Waals surface area contributed by atoms with Gasteiger partial charge in [-0.1, -0.05) is 26.0 Å². The summed E-state index contributed by atoms with van der Waals surface area (Å²) in [5, 5.41) is 2.84. The molecule has 26 heteroatoms. The van der Waals surface area contributed by atoms with Gasteiger partial charge in [0.15, 0.2) is 5.71 Å². The van der Waals surface area contributed by atoms with Gasteiger partial charge in [-0.3, -0.25) is 27.3 Å². The summed E-state index contributed by atoms with van der Waals surface area (Å²) in [6.45, 7) is 4.81. The van der Waals surface area contributed by atoms with Gasteiger partial charge in [-0.05, 0) is 78.6 Å². The highest BCUT2D eigenvalue weighted by atomic mass is 32.2. The average molecular weight is 980 g/mol. The van der Waals surface area contributed by atoms with Gasteiger partial charge < -0.3 is 5.32 Å². The first-order valence-corrected chi connectivity index (χ1v) is 27.0. The van der Waals surface area contributed by atoms with Crippen LogP contribution in [0.1, 0.15) is 51.2 Å². The van der Waals surface area contributed by atoms with Gasteiger partial charge in [0.1, 0.15) is 16.3 Å². The number of anilines is 1. The lowest BCUT2D eigenvalue weighted by Gasteiger charge is -2.24.